The Hall–Kier alpha value is -3.54. The number of aromatic nitrogens is 2. The van der Waals surface area contributed by atoms with Gasteiger partial charge in [0.2, 0.25) is 5.91 Å². The molecule has 0 fully saturated rings. The monoisotopic (exact) mass is 413 g/mol. The van der Waals surface area contributed by atoms with Crippen LogP contribution in [-0.4, -0.2) is 15.7 Å². The Kier molecular flexibility index (Phi) is 4.39. The van der Waals surface area contributed by atoms with Crippen molar-refractivity contribution in [3.8, 4) is 0 Å². The van der Waals surface area contributed by atoms with Crippen molar-refractivity contribution in [1.82, 2.24) is 9.78 Å². The van der Waals surface area contributed by atoms with Gasteiger partial charge in [-0.2, -0.15) is 5.10 Å². The number of fused-ring (bicyclic) bond motifs is 3. The van der Waals surface area contributed by atoms with Crippen molar-refractivity contribution < 1.29 is 4.79 Å². The zero-order valence-corrected chi connectivity index (χ0v) is 17.9. The number of aryl methyl sites for hydroxylation is 2. The minimum atomic E-state index is -0.599. The second-order valence-corrected chi connectivity index (χ2v) is 8.66. The lowest BCUT2D eigenvalue weighted by Crippen LogP contribution is -2.39. The number of anilines is 2. The maximum absolute atomic E-state index is 14.0. The lowest BCUT2D eigenvalue weighted by molar-refractivity contribution is -0.122. The Morgan fingerprint density at radius 2 is 2.00 bits per heavy atom. The van der Waals surface area contributed by atoms with Crippen LogP contribution in [0.3, 0.4) is 0 Å². The van der Waals surface area contributed by atoms with E-state index in [4.69, 9.17) is 11.5 Å². The lowest BCUT2D eigenvalue weighted by atomic mass is 9.78. The smallest absolute Gasteiger partial charge is 0.243 e. The van der Waals surface area contributed by atoms with Gasteiger partial charge in [0.1, 0.15) is 0 Å². The minimum Gasteiger partial charge on any atom is -0.403 e. The topological polar surface area (TPSA) is 90.2 Å². The third-order valence-corrected chi connectivity index (χ3v) is 6.56. The van der Waals surface area contributed by atoms with Gasteiger partial charge in [-0.3, -0.25) is 14.4 Å². The molecular formula is C25H27N5O. The van der Waals surface area contributed by atoms with Crippen LogP contribution < -0.4 is 16.4 Å². The standard InChI is InChI=1S/C25H27N5O/c1-3-8-29-15-20(14-28-29)30-23-9-16(2)4-7-21(23)25(24(30)31)11-18-6-5-17(22(27)13-26)10-19(18)12-25/h4-7,9-10,13-15H,3,8,11-12,26-27H2,1-2H3/b22-13-. The summed E-state index contributed by atoms with van der Waals surface area (Å²) in [5.74, 6) is 0.115. The molecule has 6 heteroatoms. The van der Waals surface area contributed by atoms with Crippen LogP contribution in [0.5, 0.6) is 0 Å². The minimum absolute atomic E-state index is 0.115. The first-order chi connectivity index (χ1) is 15.0. The van der Waals surface area contributed by atoms with Crippen LogP contribution in [0, 0.1) is 6.92 Å². The summed E-state index contributed by atoms with van der Waals surface area (Å²) in [4.78, 5) is 15.9. The van der Waals surface area contributed by atoms with E-state index < -0.39 is 5.41 Å². The summed E-state index contributed by atoms with van der Waals surface area (Å²) in [7, 11) is 0. The zero-order valence-electron chi connectivity index (χ0n) is 17.9. The Balaban J connectivity index is 1.61. The molecular weight excluding hydrogens is 386 g/mol. The van der Waals surface area contributed by atoms with E-state index in [0.29, 0.717) is 18.5 Å². The van der Waals surface area contributed by atoms with E-state index in [-0.39, 0.29) is 5.91 Å². The van der Waals surface area contributed by atoms with E-state index >= 15 is 0 Å². The molecule has 1 unspecified atom stereocenters. The molecule has 1 spiro atoms. The number of rotatable bonds is 4. The number of carbonyl (C=O) groups excluding carboxylic acids is 1. The van der Waals surface area contributed by atoms with Gasteiger partial charge in [0.05, 0.1) is 28.7 Å². The highest BCUT2D eigenvalue weighted by Gasteiger charge is 2.54. The van der Waals surface area contributed by atoms with Gasteiger partial charge in [0.25, 0.3) is 0 Å². The first-order valence-electron chi connectivity index (χ1n) is 10.7. The summed E-state index contributed by atoms with van der Waals surface area (Å²) < 4.78 is 1.90. The quantitative estimate of drug-likeness (QED) is 0.685. The van der Waals surface area contributed by atoms with E-state index in [1.54, 1.807) is 6.20 Å². The molecule has 1 atom stereocenters. The predicted molar refractivity (Wildman–Crippen MR) is 123 cm³/mol. The summed E-state index contributed by atoms with van der Waals surface area (Å²) in [6.07, 6.45) is 7.52. The van der Waals surface area contributed by atoms with Crippen molar-refractivity contribution in [3.05, 3.63) is 82.8 Å². The molecule has 0 saturated carbocycles. The fourth-order valence-electron chi connectivity index (χ4n) is 5.04. The average molecular weight is 414 g/mol. The predicted octanol–water partition coefficient (Wildman–Crippen LogP) is 3.53. The molecule has 5 rings (SSSR count). The highest BCUT2D eigenvalue weighted by atomic mass is 16.2. The molecule has 31 heavy (non-hydrogen) atoms. The number of carbonyl (C=O) groups is 1. The highest BCUT2D eigenvalue weighted by Crippen LogP contribution is 2.52. The first kappa shape index (κ1) is 19.4. The number of nitrogens with zero attached hydrogens (tertiary/aromatic N) is 3. The highest BCUT2D eigenvalue weighted by molar-refractivity contribution is 6.13. The Morgan fingerprint density at radius 1 is 1.19 bits per heavy atom. The Morgan fingerprint density at radius 3 is 2.77 bits per heavy atom. The van der Waals surface area contributed by atoms with Crippen LogP contribution in [0.1, 0.15) is 41.2 Å². The number of nitrogens with two attached hydrogens (primary N) is 2. The largest absolute Gasteiger partial charge is 0.403 e. The van der Waals surface area contributed by atoms with E-state index in [1.807, 2.05) is 21.8 Å². The summed E-state index contributed by atoms with van der Waals surface area (Å²) in [6, 6.07) is 12.5. The maximum Gasteiger partial charge on any atom is 0.243 e. The number of amides is 1. The molecule has 6 nitrogen and oxygen atoms in total. The van der Waals surface area contributed by atoms with Gasteiger partial charge in [0.15, 0.2) is 0 Å². The molecule has 1 aliphatic heterocycles. The molecule has 2 heterocycles. The van der Waals surface area contributed by atoms with Gasteiger partial charge < -0.3 is 11.5 Å². The van der Waals surface area contributed by atoms with Crippen molar-refractivity contribution in [2.45, 2.75) is 45.1 Å². The van der Waals surface area contributed by atoms with Gasteiger partial charge in [-0.15, -0.1) is 0 Å². The van der Waals surface area contributed by atoms with Crippen molar-refractivity contribution >= 4 is 23.0 Å². The molecule has 0 bridgehead atoms. The molecule has 2 aliphatic rings. The van der Waals surface area contributed by atoms with Crippen molar-refractivity contribution in [2.24, 2.45) is 11.5 Å². The number of hydrogen-bond donors (Lipinski definition) is 2. The summed E-state index contributed by atoms with van der Waals surface area (Å²) in [6.45, 7) is 5.01. The van der Waals surface area contributed by atoms with E-state index in [1.165, 1.54) is 11.8 Å². The van der Waals surface area contributed by atoms with Crippen molar-refractivity contribution in [1.29, 1.82) is 0 Å². The number of hydrogen-bond acceptors (Lipinski definition) is 4. The molecule has 2 aromatic carbocycles. The van der Waals surface area contributed by atoms with E-state index in [2.05, 4.69) is 49.3 Å². The van der Waals surface area contributed by atoms with Crippen LogP contribution in [0.15, 0.2) is 55.0 Å². The first-order valence-corrected chi connectivity index (χ1v) is 10.7. The third kappa shape index (κ3) is 2.86. The third-order valence-electron chi connectivity index (χ3n) is 6.56. The zero-order chi connectivity index (χ0) is 21.8. The van der Waals surface area contributed by atoms with Crippen LogP contribution in [0.25, 0.3) is 5.70 Å². The fourth-order valence-corrected chi connectivity index (χ4v) is 5.04. The molecule has 3 aromatic rings. The summed E-state index contributed by atoms with van der Waals surface area (Å²) in [5.41, 5.74) is 18.9. The Labute approximate surface area is 182 Å². The molecule has 1 amide bonds. The normalized spacial score (nSPS) is 19.9. The Bertz CT molecular complexity index is 1220. The van der Waals surface area contributed by atoms with Gasteiger partial charge >= 0.3 is 0 Å². The van der Waals surface area contributed by atoms with Crippen LogP contribution in [-0.2, 0) is 29.6 Å². The molecule has 1 aliphatic carbocycles. The average Bonchev–Trinajstić information content (AvgIpc) is 3.43. The van der Waals surface area contributed by atoms with Crippen molar-refractivity contribution in [3.63, 3.8) is 0 Å². The summed E-state index contributed by atoms with van der Waals surface area (Å²) in [5, 5.41) is 4.47. The molecule has 158 valence electrons. The second kappa shape index (κ2) is 7.01. The molecule has 0 radical (unpaired) electrons. The van der Waals surface area contributed by atoms with Crippen LogP contribution in [0.4, 0.5) is 11.4 Å². The molecule has 4 N–H and O–H groups in total. The lowest BCUT2D eigenvalue weighted by Gasteiger charge is -2.23. The van der Waals surface area contributed by atoms with Gasteiger partial charge in [-0.25, -0.2) is 0 Å². The second-order valence-electron chi connectivity index (χ2n) is 8.66. The van der Waals surface area contributed by atoms with Gasteiger partial charge in [0, 0.05) is 18.9 Å². The van der Waals surface area contributed by atoms with Gasteiger partial charge in [-0.05, 0) is 66.1 Å². The SMILES string of the molecule is CCCn1cc(N2C(=O)C3(Cc4ccc(/C(N)=C/N)cc4C3)c3ccc(C)cc32)cn1. The van der Waals surface area contributed by atoms with E-state index in [9.17, 15) is 4.79 Å². The number of benzene rings is 2. The molecule has 1 aromatic heterocycles. The van der Waals surface area contributed by atoms with Crippen LogP contribution >= 0.6 is 0 Å². The van der Waals surface area contributed by atoms with Crippen molar-refractivity contribution in [2.75, 3.05) is 4.90 Å². The van der Waals surface area contributed by atoms with E-state index in [0.717, 1.165) is 46.6 Å². The summed E-state index contributed by atoms with van der Waals surface area (Å²) >= 11 is 0. The fraction of sp³-hybridized carbons (Fsp3) is 0.280. The maximum atomic E-state index is 14.0. The molecule has 0 saturated heterocycles. The van der Waals surface area contributed by atoms with Crippen LogP contribution in [0.2, 0.25) is 0 Å². The van der Waals surface area contributed by atoms with Gasteiger partial charge in [-0.1, -0.05) is 31.2 Å².